The fourth-order valence-electron chi connectivity index (χ4n) is 3.81. The monoisotopic (exact) mass is 442 g/mol. The number of methoxy groups -OCH3 is 1. The van der Waals surface area contributed by atoms with E-state index in [9.17, 15) is 9.59 Å². The normalized spacial score (nSPS) is 19.6. The summed E-state index contributed by atoms with van der Waals surface area (Å²) in [5.41, 5.74) is 1.62. The Labute approximate surface area is 185 Å². The number of anilines is 1. The number of amides is 2. The number of nitrogens with one attached hydrogen (secondary N) is 2. The number of hydrogen-bond acceptors (Lipinski definition) is 7. The lowest BCUT2D eigenvalue weighted by Crippen LogP contribution is -2.52. The highest BCUT2D eigenvalue weighted by atomic mass is 35.5. The van der Waals surface area contributed by atoms with Crippen LogP contribution in [0.15, 0.2) is 54.0 Å². The van der Waals surface area contributed by atoms with E-state index in [-0.39, 0.29) is 6.03 Å². The summed E-state index contributed by atoms with van der Waals surface area (Å²) < 4.78 is 5.04. The molecule has 9 nitrogen and oxygen atoms in total. The van der Waals surface area contributed by atoms with Gasteiger partial charge in [0.2, 0.25) is 5.95 Å². The van der Waals surface area contributed by atoms with Crippen LogP contribution in [0.25, 0.3) is 0 Å². The number of esters is 1. The number of piperazine rings is 1. The lowest BCUT2D eigenvalue weighted by Gasteiger charge is -2.37. The van der Waals surface area contributed by atoms with Crippen molar-refractivity contribution in [3.8, 4) is 0 Å². The van der Waals surface area contributed by atoms with Crippen LogP contribution < -0.4 is 15.5 Å². The molecule has 0 radical (unpaired) electrons. The number of halogens is 1. The third-order valence-corrected chi connectivity index (χ3v) is 5.57. The van der Waals surface area contributed by atoms with Crippen molar-refractivity contribution in [3.63, 3.8) is 0 Å². The van der Waals surface area contributed by atoms with E-state index in [1.807, 2.05) is 6.07 Å². The van der Waals surface area contributed by atoms with E-state index in [2.05, 4.69) is 30.4 Å². The standard InChI is InChI=1S/C21H23ClN6O3/c1-31-19(29)17-16(25-21(30)26-18(17)14-4-2-5-15(22)12-14)13-27-8-10-28(11-9-27)20-23-6-3-7-24-20/h2-7,12,18H,8-11,13H2,1H3,(H2,25,26,30)/t18-/m1/s1. The van der Waals surface area contributed by atoms with Crippen molar-refractivity contribution in [2.45, 2.75) is 6.04 Å². The van der Waals surface area contributed by atoms with Gasteiger partial charge in [-0.3, -0.25) is 4.90 Å². The molecule has 2 aliphatic heterocycles. The number of aromatic nitrogens is 2. The Bertz CT molecular complexity index is 992. The molecule has 0 aliphatic carbocycles. The highest BCUT2D eigenvalue weighted by Gasteiger charge is 2.34. The van der Waals surface area contributed by atoms with Gasteiger partial charge in [-0.1, -0.05) is 23.7 Å². The minimum atomic E-state index is -0.645. The smallest absolute Gasteiger partial charge is 0.338 e. The number of ether oxygens (including phenoxy) is 1. The summed E-state index contributed by atoms with van der Waals surface area (Å²) >= 11 is 6.13. The van der Waals surface area contributed by atoms with Gasteiger partial charge in [0.25, 0.3) is 0 Å². The quantitative estimate of drug-likeness (QED) is 0.680. The first-order chi connectivity index (χ1) is 15.0. The van der Waals surface area contributed by atoms with Gasteiger partial charge in [-0.2, -0.15) is 0 Å². The number of urea groups is 1. The van der Waals surface area contributed by atoms with Crippen molar-refractivity contribution in [2.75, 3.05) is 44.7 Å². The molecule has 162 valence electrons. The zero-order valence-corrected chi connectivity index (χ0v) is 17.8. The highest BCUT2D eigenvalue weighted by molar-refractivity contribution is 6.30. The zero-order valence-electron chi connectivity index (χ0n) is 17.0. The topological polar surface area (TPSA) is 99.7 Å². The number of nitrogens with zero attached hydrogens (tertiary/aromatic N) is 4. The SMILES string of the molecule is COC(=O)C1=C(CN2CCN(c3ncccn3)CC2)NC(=O)N[C@@H]1c1cccc(Cl)c1. The van der Waals surface area contributed by atoms with Crippen molar-refractivity contribution < 1.29 is 14.3 Å². The van der Waals surface area contributed by atoms with E-state index in [4.69, 9.17) is 16.3 Å². The van der Waals surface area contributed by atoms with Crippen LogP contribution in [0, 0.1) is 0 Å². The highest BCUT2D eigenvalue weighted by Crippen LogP contribution is 2.29. The summed E-state index contributed by atoms with van der Waals surface area (Å²) in [5.74, 6) is 0.205. The van der Waals surface area contributed by atoms with Crippen LogP contribution >= 0.6 is 11.6 Å². The van der Waals surface area contributed by atoms with E-state index in [0.29, 0.717) is 34.3 Å². The Balaban J connectivity index is 1.55. The average Bonchev–Trinajstić information content (AvgIpc) is 2.79. The van der Waals surface area contributed by atoms with Crippen molar-refractivity contribution in [1.29, 1.82) is 0 Å². The maximum atomic E-state index is 12.7. The van der Waals surface area contributed by atoms with Crippen LogP contribution in [0.2, 0.25) is 5.02 Å². The van der Waals surface area contributed by atoms with Gasteiger partial charge in [0.1, 0.15) is 0 Å². The lowest BCUT2D eigenvalue weighted by atomic mass is 9.95. The third kappa shape index (κ3) is 4.78. The molecule has 2 aliphatic rings. The van der Waals surface area contributed by atoms with Gasteiger partial charge in [0.15, 0.2) is 0 Å². The van der Waals surface area contributed by atoms with Gasteiger partial charge in [0.05, 0.1) is 18.7 Å². The van der Waals surface area contributed by atoms with Crippen LogP contribution in [-0.4, -0.2) is 66.7 Å². The summed E-state index contributed by atoms with van der Waals surface area (Å²) in [7, 11) is 1.33. The molecule has 0 bridgehead atoms. The maximum Gasteiger partial charge on any atom is 0.338 e. The van der Waals surface area contributed by atoms with Crippen LogP contribution in [0.3, 0.4) is 0 Å². The molecule has 1 aromatic carbocycles. The van der Waals surface area contributed by atoms with E-state index in [0.717, 1.165) is 26.2 Å². The summed E-state index contributed by atoms with van der Waals surface area (Å²) in [6, 6.07) is 7.85. The summed E-state index contributed by atoms with van der Waals surface area (Å²) in [6.07, 6.45) is 3.45. The molecule has 4 rings (SSSR count). The predicted molar refractivity (Wildman–Crippen MR) is 116 cm³/mol. The van der Waals surface area contributed by atoms with E-state index < -0.39 is 12.0 Å². The van der Waals surface area contributed by atoms with Gasteiger partial charge in [-0.25, -0.2) is 19.6 Å². The van der Waals surface area contributed by atoms with Gasteiger partial charge in [-0.05, 0) is 23.8 Å². The third-order valence-electron chi connectivity index (χ3n) is 5.33. The molecule has 0 spiro atoms. The summed E-state index contributed by atoms with van der Waals surface area (Å²) in [6.45, 7) is 3.38. The zero-order chi connectivity index (χ0) is 21.8. The van der Waals surface area contributed by atoms with Crippen molar-refractivity contribution in [3.05, 3.63) is 64.6 Å². The van der Waals surface area contributed by atoms with Crippen LogP contribution in [-0.2, 0) is 9.53 Å². The molecule has 1 atom stereocenters. The molecule has 0 saturated carbocycles. The predicted octanol–water partition coefficient (Wildman–Crippen LogP) is 1.73. The van der Waals surface area contributed by atoms with Crippen LogP contribution in [0.5, 0.6) is 0 Å². The fourth-order valence-corrected chi connectivity index (χ4v) is 4.01. The molecule has 31 heavy (non-hydrogen) atoms. The average molecular weight is 443 g/mol. The molecule has 1 aromatic heterocycles. The fraction of sp³-hybridized carbons (Fsp3) is 0.333. The molecule has 3 heterocycles. The van der Waals surface area contributed by atoms with E-state index in [1.54, 1.807) is 36.7 Å². The molecule has 1 fully saturated rings. The van der Waals surface area contributed by atoms with E-state index >= 15 is 0 Å². The Morgan fingerprint density at radius 1 is 1.19 bits per heavy atom. The van der Waals surface area contributed by atoms with Crippen LogP contribution in [0.4, 0.5) is 10.7 Å². The number of hydrogen-bond donors (Lipinski definition) is 2. The largest absolute Gasteiger partial charge is 0.466 e. The van der Waals surface area contributed by atoms with Gasteiger partial charge in [0, 0.05) is 55.8 Å². The number of rotatable bonds is 5. The Kier molecular flexibility index (Phi) is 6.34. The van der Waals surface area contributed by atoms with Gasteiger partial charge >= 0.3 is 12.0 Å². The number of carbonyl (C=O) groups excluding carboxylic acids is 2. The lowest BCUT2D eigenvalue weighted by molar-refractivity contribution is -0.136. The van der Waals surface area contributed by atoms with Gasteiger partial charge < -0.3 is 20.3 Å². The van der Waals surface area contributed by atoms with Crippen molar-refractivity contribution >= 4 is 29.5 Å². The van der Waals surface area contributed by atoms with Crippen LogP contribution in [0.1, 0.15) is 11.6 Å². The second-order valence-corrected chi connectivity index (χ2v) is 7.72. The first kappa shape index (κ1) is 21.1. The molecule has 1 saturated heterocycles. The molecular formula is C21H23ClN6O3. The second-order valence-electron chi connectivity index (χ2n) is 7.28. The summed E-state index contributed by atoms with van der Waals surface area (Å²) in [4.78, 5) is 38.0. The molecule has 2 aromatic rings. The molecule has 2 amide bonds. The second kappa shape index (κ2) is 9.32. The number of benzene rings is 1. The van der Waals surface area contributed by atoms with Crippen molar-refractivity contribution in [2.24, 2.45) is 0 Å². The molecule has 0 unspecified atom stereocenters. The summed E-state index contributed by atoms with van der Waals surface area (Å²) in [5, 5.41) is 6.14. The minimum absolute atomic E-state index is 0.371. The van der Waals surface area contributed by atoms with Crippen molar-refractivity contribution in [1.82, 2.24) is 25.5 Å². The molecular weight excluding hydrogens is 420 g/mol. The molecule has 10 heteroatoms. The Hall–Kier alpha value is -3.17. The maximum absolute atomic E-state index is 12.7. The first-order valence-electron chi connectivity index (χ1n) is 9.94. The Morgan fingerprint density at radius 2 is 1.94 bits per heavy atom. The Morgan fingerprint density at radius 3 is 2.61 bits per heavy atom. The minimum Gasteiger partial charge on any atom is -0.466 e. The van der Waals surface area contributed by atoms with E-state index in [1.165, 1.54) is 7.11 Å². The number of carbonyl (C=O) groups is 2. The molecule has 2 N–H and O–H groups in total. The van der Waals surface area contributed by atoms with Gasteiger partial charge in [-0.15, -0.1) is 0 Å². The first-order valence-corrected chi connectivity index (χ1v) is 10.3.